The molecule has 4 rings (SSSR count). The second-order valence-corrected chi connectivity index (χ2v) is 8.08. The predicted octanol–water partition coefficient (Wildman–Crippen LogP) is 3.61. The lowest BCUT2D eigenvalue weighted by Gasteiger charge is -2.27. The second-order valence-electron chi connectivity index (χ2n) is 8.08. The monoisotopic (exact) mass is 392 g/mol. The zero-order valence-corrected chi connectivity index (χ0v) is 16.4. The highest BCUT2D eigenvalue weighted by Crippen LogP contribution is 2.44. The highest BCUT2D eigenvalue weighted by atomic mass is 16.5. The Balaban J connectivity index is 1.39. The number of rotatable bonds is 6. The van der Waals surface area contributed by atoms with E-state index in [1.54, 1.807) is 0 Å². The number of carbonyl (C=O) groups is 2. The van der Waals surface area contributed by atoms with Crippen LogP contribution in [0.3, 0.4) is 0 Å². The van der Waals surface area contributed by atoms with E-state index >= 15 is 0 Å². The Kier molecular flexibility index (Phi) is 5.84. The van der Waals surface area contributed by atoms with Crippen LogP contribution in [0.1, 0.15) is 55.6 Å². The minimum Gasteiger partial charge on any atom is -0.548 e. The number of benzene rings is 2. The molecule has 1 amide bonds. The van der Waals surface area contributed by atoms with E-state index in [1.807, 2.05) is 36.4 Å². The fourth-order valence-corrected chi connectivity index (χ4v) is 4.75. The van der Waals surface area contributed by atoms with Crippen molar-refractivity contribution in [2.75, 3.05) is 6.61 Å². The van der Waals surface area contributed by atoms with Crippen LogP contribution in [0.2, 0.25) is 0 Å². The van der Waals surface area contributed by atoms with Gasteiger partial charge in [0.1, 0.15) is 6.61 Å². The molecule has 1 saturated carbocycles. The van der Waals surface area contributed by atoms with Gasteiger partial charge in [0, 0.05) is 5.92 Å². The summed E-state index contributed by atoms with van der Waals surface area (Å²) in [6.45, 7) is 0.170. The van der Waals surface area contributed by atoms with Crippen LogP contribution in [0, 0.1) is 5.92 Å². The van der Waals surface area contributed by atoms with Crippen molar-refractivity contribution in [1.82, 2.24) is 5.32 Å². The Morgan fingerprint density at radius 3 is 2.14 bits per heavy atom. The molecule has 152 valence electrons. The molecule has 0 aromatic heterocycles. The van der Waals surface area contributed by atoms with Gasteiger partial charge in [-0.2, -0.15) is 0 Å². The van der Waals surface area contributed by atoms with Crippen LogP contribution in [-0.2, 0) is 9.53 Å². The maximum Gasteiger partial charge on any atom is 0.407 e. The van der Waals surface area contributed by atoms with Gasteiger partial charge in [0.2, 0.25) is 0 Å². The van der Waals surface area contributed by atoms with Gasteiger partial charge in [0.15, 0.2) is 0 Å². The topological polar surface area (TPSA) is 78.5 Å². The lowest BCUT2D eigenvalue weighted by Crippen LogP contribution is -2.49. The van der Waals surface area contributed by atoms with Crippen molar-refractivity contribution in [3.63, 3.8) is 0 Å². The third kappa shape index (κ3) is 4.29. The van der Waals surface area contributed by atoms with Crippen LogP contribution >= 0.6 is 0 Å². The molecular formula is C24H26NO4-. The summed E-state index contributed by atoms with van der Waals surface area (Å²) in [5.41, 5.74) is 4.56. The van der Waals surface area contributed by atoms with Crippen molar-refractivity contribution in [3.05, 3.63) is 59.7 Å². The minimum absolute atomic E-state index is 0.0482. The van der Waals surface area contributed by atoms with E-state index in [9.17, 15) is 14.7 Å². The Bertz CT molecular complexity index is 842. The summed E-state index contributed by atoms with van der Waals surface area (Å²) in [7, 11) is 0. The van der Waals surface area contributed by atoms with E-state index in [0.29, 0.717) is 12.3 Å². The molecule has 29 heavy (non-hydrogen) atoms. The van der Waals surface area contributed by atoms with Crippen LogP contribution in [0.5, 0.6) is 0 Å². The lowest BCUT2D eigenvalue weighted by atomic mass is 9.85. The normalized spacial score (nSPS) is 17.2. The Morgan fingerprint density at radius 2 is 1.55 bits per heavy atom. The van der Waals surface area contributed by atoms with E-state index in [0.717, 1.165) is 47.9 Å². The molecule has 2 aliphatic carbocycles. The maximum atomic E-state index is 12.4. The van der Waals surface area contributed by atoms with Gasteiger partial charge in [-0.05, 0) is 34.6 Å². The van der Waals surface area contributed by atoms with Gasteiger partial charge in [0.25, 0.3) is 0 Å². The first-order valence-corrected chi connectivity index (χ1v) is 10.5. The first kappa shape index (κ1) is 19.5. The molecule has 0 heterocycles. The van der Waals surface area contributed by atoms with E-state index in [2.05, 4.69) is 17.4 Å². The number of carbonyl (C=O) groups excluding carboxylic acids is 2. The van der Waals surface area contributed by atoms with Gasteiger partial charge in [-0.1, -0.05) is 80.6 Å². The zero-order valence-electron chi connectivity index (χ0n) is 16.4. The van der Waals surface area contributed by atoms with Gasteiger partial charge in [0.05, 0.1) is 12.0 Å². The van der Waals surface area contributed by atoms with Gasteiger partial charge < -0.3 is 20.0 Å². The predicted molar refractivity (Wildman–Crippen MR) is 108 cm³/mol. The molecule has 5 nitrogen and oxygen atoms in total. The number of aliphatic carboxylic acids is 1. The molecule has 1 atom stereocenters. The van der Waals surface area contributed by atoms with E-state index in [4.69, 9.17) is 4.74 Å². The number of alkyl carbamates (subject to hydrolysis) is 1. The third-order valence-electron chi connectivity index (χ3n) is 6.21. The SMILES string of the molecule is O=C(N[C@@H](CC1CCCCC1)C(=O)[O-])OCC1c2ccccc2-c2ccccc21. The molecule has 2 aromatic carbocycles. The molecule has 2 aromatic rings. The first-order chi connectivity index (χ1) is 14.1. The standard InChI is InChI=1S/C24H27NO4/c26-23(27)22(14-16-8-2-1-3-9-16)25-24(28)29-15-21-19-12-6-4-10-17(19)18-11-5-7-13-20(18)21/h4-7,10-13,16,21-22H,1-3,8-9,14-15H2,(H,25,28)(H,26,27)/p-1/t22-/m0/s1. The van der Waals surface area contributed by atoms with Crippen LogP contribution in [0.25, 0.3) is 11.1 Å². The summed E-state index contributed by atoms with van der Waals surface area (Å²) in [5, 5.41) is 14.0. The number of carboxylic acids is 1. The average Bonchev–Trinajstić information content (AvgIpc) is 3.06. The molecule has 0 aliphatic heterocycles. The Morgan fingerprint density at radius 1 is 0.966 bits per heavy atom. The highest BCUT2D eigenvalue weighted by molar-refractivity contribution is 5.80. The van der Waals surface area contributed by atoms with E-state index in [-0.39, 0.29) is 12.5 Å². The summed E-state index contributed by atoms with van der Waals surface area (Å²) < 4.78 is 5.47. The lowest BCUT2D eigenvalue weighted by molar-refractivity contribution is -0.308. The summed E-state index contributed by atoms with van der Waals surface area (Å²) in [6, 6.07) is 15.2. The molecule has 0 bridgehead atoms. The summed E-state index contributed by atoms with van der Waals surface area (Å²) in [5.74, 6) is -0.975. The number of carboxylic acid groups (broad SMARTS) is 1. The third-order valence-corrected chi connectivity index (χ3v) is 6.21. The summed E-state index contributed by atoms with van der Waals surface area (Å²) >= 11 is 0. The fraction of sp³-hybridized carbons (Fsp3) is 0.417. The highest BCUT2D eigenvalue weighted by Gasteiger charge is 2.29. The maximum absolute atomic E-state index is 12.4. The Labute approximate surface area is 171 Å². The number of hydrogen-bond donors (Lipinski definition) is 1. The number of nitrogens with one attached hydrogen (secondary N) is 1. The summed E-state index contributed by atoms with van der Waals surface area (Å²) in [6.07, 6.45) is 5.17. The van der Waals surface area contributed by atoms with Crippen LogP contribution in [0.15, 0.2) is 48.5 Å². The van der Waals surface area contributed by atoms with Crippen LogP contribution in [0.4, 0.5) is 4.79 Å². The summed E-state index contributed by atoms with van der Waals surface area (Å²) in [4.78, 5) is 23.9. The largest absolute Gasteiger partial charge is 0.548 e. The molecule has 0 radical (unpaired) electrons. The van der Waals surface area contributed by atoms with Crippen molar-refractivity contribution < 1.29 is 19.4 Å². The number of amides is 1. The van der Waals surface area contributed by atoms with Crippen molar-refractivity contribution in [3.8, 4) is 11.1 Å². The molecule has 0 saturated heterocycles. The molecule has 1 fully saturated rings. The van der Waals surface area contributed by atoms with Crippen LogP contribution < -0.4 is 10.4 Å². The molecular weight excluding hydrogens is 366 g/mol. The first-order valence-electron chi connectivity index (χ1n) is 10.5. The van der Waals surface area contributed by atoms with Crippen molar-refractivity contribution in [2.24, 2.45) is 5.92 Å². The smallest absolute Gasteiger partial charge is 0.407 e. The van der Waals surface area contributed by atoms with Crippen molar-refractivity contribution >= 4 is 12.1 Å². The van der Waals surface area contributed by atoms with Gasteiger partial charge in [-0.25, -0.2) is 4.79 Å². The Hall–Kier alpha value is -2.82. The zero-order chi connectivity index (χ0) is 20.2. The molecule has 0 unspecified atom stereocenters. The van der Waals surface area contributed by atoms with Gasteiger partial charge >= 0.3 is 6.09 Å². The molecule has 0 spiro atoms. The number of fused-ring (bicyclic) bond motifs is 3. The van der Waals surface area contributed by atoms with Crippen LogP contribution in [-0.4, -0.2) is 24.7 Å². The average molecular weight is 392 g/mol. The molecule has 5 heteroatoms. The van der Waals surface area contributed by atoms with E-state index in [1.165, 1.54) is 6.42 Å². The minimum atomic E-state index is -1.25. The van der Waals surface area contributed by atoms with Gasteiger partial charge in [-0.3, -0.25) is 0 Å². The molecule has 2 aliphatic rings. The van der Waals surface area contributed by atoms with E-state index < -0.39 is 18.1 Å². The number of hydrogen-bond acceptors (Lipinski definition) is 4. The van der Waals surface area contributed by atoms with Crippen molar-refractivity contribution in [2.45, 2.75) is 50.5 Å². The number of ether oxygens (including phenoxy) is 1. The van der Waals surface area contributed by atoms with Gasteiger partial charge in [-0.15, -0.1) is 0 Å². The van der Waals surface area contributed by atoms with Crippen molar-refractivity contribution in [1.29, 1.82) is 0 Å². The second kappa shape index (κ2) is 8.68. The quantitative estimate of drug-likeness (QED) is 0.814. The fourth-order valence-electron chi connectivity index (χ4n) is 4.75. The molecule has 1 N–H and O–H groups in total.